The van der Waals surface area contributed by atoms with E-state index in [1.54, 1.807) is 30.3 Å². The molecule has 0 spiro atoms. The van der Waals surface area contributed by atoms with Gasteiger partial charge < -0.3 is 15.8 Å². The van der Waals surface area contributed by atoms with E-state index in [2.05, 4.69) is 27.9 Å². The van der Waals surface area contributed by atoms with E-state index in [-0.39, 0.29) is 5.91 Å². The first-order chi connectivity index (χ1) is 10.1. The molecule has 0 aromatic heterocycles. The van der Waals surface area contributed by atoms with Crippen LogP contribution in [0.5, 0.6) is 5.75 Å². The lowest BCUT2D eigenvalue weighted by Gasteiger charge is -2.09. The van der Waals surface area contributed by atoms with Gasteiger partial charge >= 0.3 is 0 Å². The number of benzene rings is 2. The predicted octanol–water partition coefficient (Wildman–Crippen LogP) is 3.34. The van der Waals surface area contributed by atoms with Crippen molar-refractivity contribution in [2.24, 2.45) is 0 Å². The fraction of sp³-hybridized carbons (Fsp3) is 0.133. The van der Waals surface area contributed by atoms with E-state index in [0.717, 1.165) is 3.57 Å². The third-order valence-electron chi connectivity index (χ3n) is 2.69. The molecule has 2 aromatic rings. The third-order valence-corrected chi connectivity index (χ3v) is 3.86. The largest absolute Gasteiger partial charge is 0.492 e. The molecule has 0 fully saturated rings. The smallest absolute Gasteiger partial charge is 0.252 e. The first-order valence-electron chi connectivity index (χ1n) is 6.28. The molecule has 0 bridgehead atoms. The molecule has 3 N–H and O–H groups in total. The fourth-order valence-electron chi connectivity index (χ4n) is 1.70. The summed E-state index contributed by atoms with van der Waals surface area (Å²) in [5.74, 6) is 0.514. The maximum absolute atomic E-state index is 12.0. The fourth-order valence-corrected chi connectivity index (χ4v) is 2.46. The number of nitrogens with two attached hydrogens (primary N) is 1. The summed E-state index contributed by atoms with van der Waals surface area (Å²) in [5, 5.41) is 3.33. The van der Waals surface area contributed by atoms with Gasteiger partial charge in [-0.05, 0) is 52.9 Å². The standard InChI is InChI=1S/C15H14ClIN2O2/c16-10-4-5-14(17)13(8-10)15(20)19-6-7-21-12-3-1-2-11(18)9-12/h1-5,8-9H,6-7,18H2,(H,19,20). The molecule has 0 unspecified atom stereocenters. The average Bonchev–Trinajstić information content (AvgIpc) is 2.46. The lowest BCUT2D eigenvalue weighted by molar-refractivity contribution is 0.0946. The van der Waals surface area contributed by atoms with Crippen LogP contribution in [0.4, 0.5) is 5.69 Å². The van der Waals surface area contributed by atoms with Crippen LogP contribution in [0.2, 0.25) is 5.02 Å². The van der Waals surface area contributed by atoms with Crippen molar-refractivity contribution in [3.05, 3.63) is 56.6 Å². The highest BCUT2D eigenvalue weighted by Crippen LogP contribution is 2.18. The zero-order valence-electron chi connectivity index (χ0n) is 11.1. The summed E-state index contributed by atoms with van der Waals surface area (Å²) in [6.45, 7) is 0.766. The lowest BCUT2D eigenvalue weighted by Crippen LogP contribution is -2.28. The molecule has 2 rings (SSSR count). The number of hydrogen-bond acceptors (Lipinski definition) is 3. The van der Waals surface area contributed by atoms with Crippen LogP contribution in [0.3, 0.4) is 0 Å². The molecule has 21 heavy (non-hydrogen) atoms. The van der Waals surface area contributed by atoms with Gasteiger partial charge in [0.15, 0.2) is 0 Å². The first kappa shape index (κ1) is 15.9. The number of amides is 1. The van der Waals surface area contributed by atoms with Gasteiger partial charge in [0.1, 0.15) is 12.4 Å². The van der Waals surface area contributed by atoms with Gasteiger partial charge in [-0.1, -0.05) is 17.7 Å². The number of halogens is 2. The minimum absolute atomic E-state index is 0.168. The van der Waals surface area contributed by atoms with Crippen molar-refractivity contribution < 1.29 is 9.53 Å². The Hall–Kier alpha value is -1.47. The maximum Gasteiger partial charge on any atom is 0.252 e. The zero-order chi connectivity index (χ0) is 15.2. The Balaban J connectivity index is 1.83. The van der Waals surface area contributed by atoms with E-state index >= 15 is 0 Å². The van der Waals surface area contributed by atoms with Gasteiger partial charge in [0, 0.05) is 20.3 Å². The van der Waals surface area contributed by atoms with Gasteiger partial charge in [0.05, 0.1) is 12.1 Å². The highest BCUT2D eigenvalue weighted by molar-refractivity contribution is 14.1. The summed E-state index contributed by atoms with van der Waals surface area (Å²) in [6.07, 6.45) is 0. The maximum atomic E-state index is 12.0. The van der Waals surface area contributed by atoms with Crippen molar-refractivity contribution in [2.75, 3.05) is 18.9 Å². The Labute approximate surface area is 141 Å². The Morgan fingerprint density at radius 2 is 2.10 bits per heavy atom. The number of carbonyl (C=O) groups is 1. The van der Waals surface area contributed by atoms with Crippen molar-refractivity contribution in [1.82, 2.24) is 5.32 Å². The summed E-state index contributed by atoms with van der Waals surface area (Å²) >= 11 is 8.00. The van der Waals surface area contributed by atoms with Crippen LogP contribution in [-0.4, -0.2) is 19.1 Å². The molecule has 0 aliphatic heterocycles. The lowest BCUT2D eigenvalue weighted by atomic mass is 10.2. The molecule has 0 aliphatic rings. The Kier molecular flexibility index (Phi) is 5.69. The van der Waals surface area contributed by atoms with Crippen molar-refractivity contribution in [1.29, 1.82) is 0 Å². The molecule has 4 nitrogen and oxygen atoms in total. The summed E-state index contributed by atoms with van der Waals surface area (Å²) in [7, 11) is 0. The van der Waals surface area contributed by atoms with Crippen LogP contribution >= 0.6 is 34.2 Å². The summed E-state index contributed by atoms with van der Waals surface area (Å²) in [6, 6.07) is 12.4. The van der Waals surface area contributed by atoms with E-state index in [1.807, 2.05) is 12.1 Å². The number of anilines is 1. The highest BCUT2D eigenvalue weighted by Gasteiger charge is 2.09. The van der Waals surface area contributed by atoms with Crippen LogP contribution in [0, 0.1) is 3.57 Å². The van der Waals surface area contributed by atoms with Crippen LogP contribution in [0.15, 0.2) is 42.5 Å². The molecule has 2 aromatic carbocycles. The van der Waals surface area contributed by atoms with E-state index in [1.165, 1.54) is 0 Å². The first-order valence-corrected chi connectivity index (χ1v) is 7.73. The van der Waals surface area contributed by atoms with Crippen LogP contribution in [0.25, 0.3) is 0 Å². The molecule has 110 valence electrons. The topological polar surface area (TPSA) is 64.3 Å². The average molecular weight is 417 g/mol. The van der Waals surface area contributed by atoms with Crippen LogP contribution < -0.4 is 15.8 Å². The molecule has 0 heterocycles. The molecule has 0 aliphatic carbocycles. The Bertz CT molecular complexity index is 649. The normalized spacial score (nSPS) is 10.2. The number of hydrogen-bond donors (Lipinski definition) is 2. The monoisotopic (exact) mass is 416 g/mol. The van der Waals surface area contributed by atoms with Crippen molar-refractivity contribution in [3.8, 4) is 5.75 Å². The van der Waals surface area contributed by atoms with Gasteiger partial charge in [0.2, 0.25) is 0 Å². The predicted molar refractivity (Wildman–Crippen MR) is 92.9 cm³/mol. The summed E-state index contributed by atoms with van der Waals surface area (Å²) in [4.78, 5) is 12.0. The molecular formula is C15H14ClIN2O2. The zero-order valence-corrected chi connectivity index (χ0v) is 14.0. The quantitative estimate of drug-likeness (QED) is 0.446. The van der Waals surface area contributed by atoms with Crippen molar-refractivity contribution in [3.63, 3.8) is 0 Å². The number of ether oxygens (including phenoxy) is 1. The second-order valence-corrected chi connectivity index (χ2v) is 5.90. The van der Waals surface area contributed by atoms with E-state index in [9.17, 15) is 4.79 Å². The molecule has 1 amide bonds. The van der Waals surface area contributed by atoms with Gasteiger partial charge in [-0.2, -0.15) is 0 Å². The SMILES string of the molecule is Nc1cccc(OCCNC(=O)c2cc(Cl)ccc2I)c1. The molecule has 0 atom stereocenters. The van der Waals surface area contributed by atoms with Crippen molar-refractivity contribution >= 4 is 45.8 Å². The van der Waals surface area contributed by atoms with Crippen LogP contribution in [0.1, 0.15) is 10.4 Å². The second kappa shape index (κ2) is 7.51. The molecule has 0 radical (unpaired) electrons. The van der Waals surface area contributed by atoms with E-state index < -0.39 is 0 Å². The number of rotatable bonds is 5. The van der Waals surface area contributed by atoms with Gasteiger partial charge in [-0.3, -0.25) is 4.79 Å². The van der Waals surface area contributed by atoms with Gasteiger partial charge in [0.25, 0.3) is 5.91 Å². The number of carbonyl (C=O) groups excluding carboxylic acids is 1. The minimum atomic E-state index is -0.168. The second-order valence-electron chi connectivity index (χ2n) is 4.30. The molecule has 0 saturated heterocycles. The Morgan fingerprint density at radius 3 is 2.86 bits per heavy atom. The molecule has 6 heteroatoms. The molecule has 0 saturated carbocycles. The van der Waals surface area contributed by atoms with Crippen LogP contribution in [-0.2, 0) is 0 Å². The third kappa shape index (κ3) is 4.78. The summed E-state index contributed by atoms with van der Waals surface area (Å²) < 4.78 is 6.36. The highest BCUT2D eigenvalue weighted by atomic mass is 127. The molecular weight excluding hydrogens is 403 g/mol. The Morgan fingerprint density at radius 1 is 1.29 bits per heavy atom. The minimum Gasteiger partial charge on any atom is -0.492 e. The summed E-state index contributed by atoms with van der Waals surface area (Å²) in [5.41, 5.74) is 6.86. The van der Waals surface area contributed by atoms with Gasteiger partial charge in [-0.15, -0.1) is 0 Å². The van der Waals surface area contributed by atoms with E-state index in [0.29, 0.717) is 35.2 Å². The van der Waals surface area contributed by atoms with Crippen molar-refractivity contribution in [2.45, 2.75) is 0 Å². The van der Waals surface area contributed by atoms with Gasteiger partial charge in [-0.25, -0.2) is 0 Å². The number of nitrogen functional groups attached to an aromatic ring is 1. The number of nitrogens with one attached hydrogen (secondary N) is 1. The van der Waals surface area contributed by atoms with E-state index in [4.69, 9.17) is 22.1 Å².